The molecule has 4 saturated carbocycles. The van der Waals surface area contributed by atoms with E-state index >= 15 is 0 Å². The molecule has 2 aromatic carbocycles. The van der Waals surface area contributed by atoms with Crippen LogP contribution in [0.3, 0.4) is 0 Å². The SMILES string of the molecule is Cc1cc(C)c(C2CC3C(CC2C(C)(C)C)C2CC(C(C)(C)C)C(c4c(C)cc(C)cc4C)CC2C3C(C)(C)C2CC(C(C)(C)C)CC2C)c(C)c1. The van der Waals surface area contributed by atoms with Crippen molar-refractivity contribution in [2.75, 3.05) is 0 Å². The van der Waals surface area contributed by atoms with Crippen molar-refractivity contribution in [2.24, 2.45) is 80.8 Å². The molecule has 0 aromatic heterocycles. The van der Waals surface area contributed by atoms with Crippen molar-refractivity contribution in [3.05, 3.63) is 68.8 Å². The molecule has 0 nitrogen and oxygen atoms in total. The van der Waals surface area contributed by atoms with Crippen LogP contribution in [0, 0.1) is 122 Å². The molecule has 2 aromatic rings. The number of aryl methyl sites for hydroxylation is 6. The van der Waals surface area contributed by atoms with Crippen LogP contribution in [0.15, 0.2) is 24.3 Å². The molecule has 4 aliphatic carbocycles. The topological polar surface area (TPSA) is 0 Å². The molecule has 0 saturated heterocycles. The van der Waals surface area contributed by atoms with Crippen LogP contribution in [0.5, 0.6) is 0 Å². The Kier molecular flexibility index (Phi) is 10.5. The zero-order valence-corrected chi connectivity index (χ0v) is 37.5. The minimum atomic E-state index is 0.291. The van der Waals surface area contributed by atoms with E-state index in [4.69, 9.17) is 0 Å². The monoisotopic (exact) mass is 707 g/mol. The Balaban J connectivity index is 1.52. The van der Waals surface area contributed by atoms with Crippen molar-refractivity contribution < 1.29 is 0 Å². The summed E-state index contributed by atoms with van der Waals surface area (Å²) in [7, 11) is 0. The zero-order chi connectivity index (χ0) is 38.6. The third-order valence-electron chi connectivity index (χ3n) is 17.0. The Morgan fingerprint density at radius 2 is 0.788 bits per heavy atom. The van der Waals surface area contributed by atoms with Gasteiger partial charge in [-0.05, 0) is 206 Å². The van der Waals surface area contributed by atoms with Gasteiger partial charge in [-0.3, -0.25) is 0 Å². The predicted molar refractivity (Wildman–Crippen MR) is 227 cm³/mol. The first-order valence-corrected chi connectivity index (χ1v) is 22.0. The van der Waals surface area contributed by atoms with Crippen LogP contribution in [-0.4, -0.2) is 0 Å². The second-order valence-electron chi connectivity index (χ2n) is 23.8. The fourth-order valence-electron chi connectivity index (χ4n) is 15.1. The first-order chi connectivity index (χ1) is 23.8. The van der Waals surface area contributed by atoms with E-state index in [0.29, 0.717) is 33.5 Å². The van der Waals surface area contributed by atoms with Crippen LogP contribution in [0.2, 0.25) is 0 Å². The predicted octanol–water partition coefficient (Wildman–Crippen LogP) is 15.1. The van der Waals surface area contributed by atoms with Gasteiger partial charge in [0.1, 0.15) is 0 Å². The standard InChI is InChI=1S/C52H82/c1-29-19-32(4)46(33(5)20-29)41-25-39-37(27-44(41)50(11,12)13)38-28-45(51(14,15)16)42(47-34(6)21-30(2)22-35(47)7)26-40(38)48(39)52(17,18)43-24-36(23-31(43)3)49(8,9)10/h19-22,31,36-45,48H,23-28H2,1-18H3. The van der Waals surface area contributed by atoms with Crippen molar-refractivity contribution in [1.29, 1.82) is 0 Å². The lowest BCUT2D eigenvalue weighted by atomic mass is 9.53. The van der Waals surface area contributed by atoms with Gasteiger partial charge in [0.15, 0.2) is 0 Å². The van der Waals surface area contributed by atoms with Crippen LogP contribution in [0.1, 0.15) is 178 Å². The maximum absolute atomic E-state index is 2.81. The Bertz CT molecular complexity index is 1470. The minimum Gasteiger partial charge on any atom is -0.0622 e. The summed E-state index contributed by atoms with van der Waals surface area (Å²) < 4.78 is 0. The van der Waals surface area contributed by atoms with Crippen molar-refractivity contribution in [3.8, 4) is 0 Å². The quantitative estimate of drug-likeness (QED) is 0.297. The maximum atomic E-state index is 2.81. The van der Waals surface area contributed by atoms with Gasteiger partial charge in [0.25, 0.3) is 0 Å². The summed E-state index contributed by atoms with van der Waals surface area (Å²) in [5.74, 6) is 9.32. The maximum Gasteiger partial charge on any atom is -0.0120 e. The molecular weight excluding hydrogens is 625 g/mol. The summed E-state index contributed by atoms with van der Waals surface area (Å²) in [6, 6.07) is 10.0. The first kappa shape index (κ1) is 40.1. The van der Waals surface area contributed by atoms with E-state index in [1.807, 2.05) is 0 Å². The van der Waals surface area contributed by atoms with Gasteiger partial charge >= 0.3 is 0 Å². The lowest BCUT2D eigenvalue weighted by Crippen LogP contribution is -2.44. The Morgan fingerprint density at radius 1 is 0.423 bits per heavy atom. The third-order valence-corrected chi connectivity index (χ3v) is 17.0. The van der Waals surface area contributed by atoms with Crippen molar-refractivity contribution in [1.82, 2.24) is 0 Å². The second-order valence-corrected chi connectivity index (χ2v) is 23.8. The molecule has 0 heterocycles. The summed E-state index contributed by atoms with van der Waals surface area (Å²) in [4.78, 5) is 0. The van der Waals surface area contributed by atoms with Gasteiger partial charge < -0.3 is 0 Å². The molecule has 52 heavy (non-hydrogen) atoms. The fourth-order valence-corrected chi connectivity index (χ4v) is 15.1. The molecule has 4 fully saturated rings. The van der Waals surface area contributed by atoms with Crippen LogP contribution < -0.4 is 0 Å². The Hall–Kier alpha value is -1.56. The van der Waals surface area contributed by atoms with Gasteiger partial charge in [-0.1, -0.05) is 118 Å². The largest absolute Gasteiger partial charge is 0.0622 e. The number of benzene rings is 2. The summed E-state index contributed by atoms with van der Waals surface area (Å²) in [6.07, 6.45) is 8.49. The highest BCUT2D eigenvalue weighted by Crippen LogP contribution is 2.71. The molecule has 4 aliphatic rings. The van der Waals surface area contributed by atoms with E-state index in [0.717, 1.165) is 59.2 Å². The van der Waals surface area contributed by atoms with E-state index in [2.05, 4.69) is 149 Å². The lowest BCUT2D eigenvalue weighted by Gasteiger charge is -2.51. The molecular formula is C52H82. The molecule has 0 aliphatic heterocycles. The molecule has 11 unspecified atom stereocenters. The molecule has 0 heteroatoms. The molecule has 0 spiro atoms. The zero-order valence-electron chi connectivity index (χ0n) is 37.5. The van der Waals surface area contributed by atoms with E-state index in [9.17, 15) is 0 Å². The number of hydrogen-bond donors (Lipinski definition) is 0. The highest BCUT2D eigenvalue weighted by Gasteiger charge is 2.63. The third kappa shape index (κ3) is 7.04. The van der Waals surface area contributed by atoms with Gasteiger partial charge in [0, 0.05) is 0 Å². The molecule has 6 rings (SSSR count). The summed E-state index contributed by atoms with van der Waals surface area (Å²) in [5.41, 5.74) is 13.8. The average molecular weight is 707 g/mol. The van der Waals surface area contributed by atoms with E-state index < -0.39 is 0 Å². The summed E-state index contributed by atoms with van der Waals surface area (Å²) >= 11 is 0. The van der Waals surface area contributed by atoms with Crippen LogP contribution >= 0.6 is 0 Å². The second kappa shape index (κ2) is 13.6. The summed E-state index contributed by atoms with van der Waals surface area (Å²) in [6.45, 7) is 45.7. The number of rotatable bonds is 4. The molecule has 0 bridgehead atoms. The van der Waals surface area contributed by atoms with Crippen LogP contribution in [-0.2, 0) is 0 Å². The van der Waals surface area contributed by atoms with Crippen molar-refractivity contribution in [2.45, 2.75) is 175 Å². The average Bonchev–Trinajstić information content (AvgIpc) is 3.52. The first-order valence-electron chi connectivity index (χ1n) is 22.0. The van der Waals surface area contributed by atoms with Gasteiger partial charge in [-0.25, -0.2) is 0 Å². The van der Waals surface area contributed by atoms with Crippen molar-refractivity contribution >= 4 is 0 Å². The van der Waals surface area contributed by atoms with Crippen molar-refractivity contribution in [3.63, 3.8) is 0 Å². The smallest absolute Gasteiger partial charge is 0.0120 e. The van der Waals surface area contributed by atoms with Gasteiger partial charge in [0.2, 0.25) is 0 Å². The number of fused-ring (bicyclic) bond motifs is 3. The normalized spacial score (nSPS) is 35.8. The Labute approximate surface area is 323 Å². The van der Waals surface area contributed by atoms with E-state index in [1.165, 1.54) is 49.7 Å². The lowest BCUT2D eigenvalue weighted by molar-refractivity contribution is -0.00893. The molecule has 0 N–H and O–H groups in total. The molecule has 0 radical (unpaired) electrons. The highest BCUT2D eigenvalue weighted by molar-refractivity contribution is 5.43. The summed E-state index contributed by atoms with van der Waals surface area (Å²) in [5, 5.41) is 0. The Morgan fingerprint density at radius 3 is 1.10 bits per heavy atom. The molecule has 290 valence electrons. The van der Waals surface area contributed by atoms with Crippen LogP contribution in [0.25, 0.3) is 0 Å². The molecule has 11 atom stereocenters. The highest BCUT2D eigenvalue weighted by atomic mass is 14.7. The van der Waals surface area contributed by atoms with Gasteiger partial charge in [0.05, 0.1) is 0 Å². The van der Waals surface area contributed by atoms with Crippen LogP contribution in [0.4, 0.5) is 0 Å². The fraction of sp³-hybridized carbons (Fsp3) is 0.769. The van der Waals surface area contributed by atoms with E-state index in [-0.39, 0.29) is 0 Å². The van der Waals surface area contributed by atoms with Gasteiger partial charge in [-0.15, -0.1) is 0 Å². The number of hydrogen-bond acceptors (Lipinski definition) is 0. The molecule has 0 amide bonds. The van der Waals surface area contributed by atoms with Gasteiger partial charge in [-0.2, -0.15) is 0 Å². The minimum absolute atomic E-state index is 0.291. The van der Waals surface area contributed by atoms with E-state index in [1.54, 1.807) is 33.4 Å².